The molecule has 4 amide bonds. The number of hydrogen-bond donors (Lipinski definition) is 4. The molecule has 0 aliphatic carbocycles. The molecular weight excluding hydrogens is 375 g/mol. The molecule has 2 aromatic carbocycles. The van der Waals surface area contributed by atoms with Gasteiger partial charge in [-0.15, -0.1) is 0 Å². The SMILES string of the molecule is CC(C)(C)C(=O)Nc1ccc(C(=O)NCCNC(=O)Nc2ccccc2F)cc1. The average molecular weight is 400 g/mol. The van der Waals surface area contributed by atoms with Gasteiger partial charge in [0.1, 0.15) is 5.82 Å². The number of rotatable bonds is 6. The Morgan fingerprint density at radius 1 is 0.862 bits per heavy atom. The van der Waals surface area contributed by atoms with Gasteiger partial charge in [-0.05, 0) is 36.4 Å². The molecule has 29 heavy (non-hydrogen) atoms. The molecule has 8 heteroatoms. The molecule has 2 aromatic rings. The predicted molar refractivity (Wildman–Crippen MR) is 110 cm³/mol. The predicted octanol–water partition coefficient (Wildman–Crippen LogP) is 3.36. The van der Waals surface area contributed by atoms with Crippen LogP contribution in [0, 0.1) is 11.2 Å². The number of nitrogens with one attached hydrogen (secondary N) is 4. The number of halogens is 1. The number of hydrogen-bond acceptors (Lipinski definition) is 3. The van der Waals surface area contributed by atoms with E-state index in [1.165, 1.54) is 18.2 Å². The van der Waals surface area contributed by atoms with Gasteiger partial charge in [-0.2, -0.15) is 0 Å². The highest BCUT2D eigenvalue weighted by atomic mass is 19.1. The molecule has 4 N–H and O–H groups in total. The van der Waals surface area contributed by atoms with Crippen LogP contribution in [0.25, 0.3) is 0 Å². The van der Waals surface area contributed by atoms with E-state index in [4.69, 9.17) is 0 Å². The van der Waals surface area contributed by atoms with E-state index in [0.29, 0.717) is 11.3 Å². The van der Waals surface area contributed by atoms with Gasteiger partial charge >= 0.3 is 6.03 Å². The van der Waals surface area contributed by atoms with Crippen molar-refractivity contribution in [2.24, 2.45) is 5.41 Å². The first-order valence-corrected chi connectivity index (χ1v) is 9.16. The third-order valence-electron chi connectivity index (χ3n) is 3.90. The zero-order valence-electron chi connectivity index (χ0n) is 16.6. The summed E-state index contributed by atoms with van der Waals surface area (Å²) in [5.41, 5.74) is 0.594. The molecule has 0 aliphatic rings. The first kappa shape index (κ1) is 21.9. The summed E-state index contributed by atoms with van der Waals surface area (Å²) < 4.78 is 13.5. The zero-order valence-corrected chi connectivity index (χ0v) is 16.6. The molecule has 7 nitrogen and oxygen atoms in total. The highest BCUT2D eigenvalue weighted by Crippen LogP contribution is 2.17. The van der Waals surface area contributed by atoms with Crippen LogP contribution in [-0.4, -0.2) is 30.9 Å². The van der Waals surface area contributed by atoms with Gasteiger partial charge in [0.2, 0.25) is 5.91 Å². The molecular formula is C21H25FN4O3. The van der Waals surface area contributed by atoms with E-state index in [1.54, 1.807) is 30.3 Å². The number of urea groups is 1. The Balaban J connectivity index is 1.74. The number of carbonyl (C=O) groups excluding carboxylic acids is 3. The zero-order chi connectivity index (χ0) is 21.4. The topological polar surface area (TPSA) is 99.3 Å². The summed E-state index contributed by atoms with van der Waals surface area (Å²) >= 11 is 0. The van der Waals surface area contributed by atoms with Crippen LogP contribution < -0.4 is 21.3 Å². The lowest BCUT2D eigenvalue weighted by Crippen LogP contribution is -2.36. The monoisotopic (exact) mass is 400 g/mol. The van der Waals surface area contributed by atoms with Gasteiger partial charge in [-0.1, -0.05) is 32.9 Å². The second kappa shape index (κ2) is 9.68. The van der Waals surface area contributed by atoms with E-state index in [0.717, 1.165) is 0 Å². The Kier molecular flexibility index (Phi) is 7.30. The van der Waals surface area contributed by atoms with Crippen molar-refractivity contribution < 1.29 is 18.8 Å². The van der Waals surface area contributed by atoms with Gasteiger partial charge in [0.05, 0.1) is 5.69 Å². The largest absolute Gasteiger partial charge is 0.350 e. The molecule has 0 bridgehead atoms. The summed E-state index contributed by atoms with van der Waals surface area (Å²) in [5.74, 6) is -0.956. The van der Waals surface area contributed by atoms with E-state index in [1.807, 2.05) is 20.8 Å². The van der Waals surface area contributed by atoms with Gasteiger partial charge in [-0.25, -0.2) is 9.18 Å². The second-order valence-electron chi connectivity index (χ2n) is 7.40. The Labute approximate surface area is 169 Å². The highest BCUT2D eigenvalue weighted by Gasteiger charge is 2.21. The quantitative estimate of drug-likeness (QED) is 0.560. The third kappa shape index (κ3) is 6.91. The highest BCUT2D eigenvalue weighted by molar-refractivity contribution is 5.97. The maximum absolute atomic E-state index is 13.5. The normalized spacial score (nSPS) is 10.8. The molecule has 0 aliphatic heterocycles. The van der Waals surface area contributed by atoms with Crippen molar-refractivity contribution in [2.75, 3.05) is 23.7 Å². The van der Waals surface area contributed by atoms with Crippen molar-refractivity contribution in [3.8, 4) is 0 Å². The van der Waals surface area contributed by atoms with E-state index in [-0.39, 0.29) is 30.6 Å². The van der Waals surface area contributed by atoms with Crippen LogP contribution in [0.1, 0.15) is 31.1 Å². The fraction of sp³-hybridized carbons (Fsp3) is 0.286. The van der Waals surface area contributed by atoms with E-state index < -0.39 is 17.3 Å². The summed E-state index contributed by atoms with van der Waals surface area (Å²) in [7, 11) is 0. The van der Waals surface area contributed by atoms with E-state index in [2.05, 4.69) is 21.3 Å². The summed E-state index contributed by atoms with van der Waals surface area (Å²) in [4.78, 5) is 35.8. The maximum atomic E-state index is 13.5. The van der Waals surface area contributed by atoms with Crippen LogP contribution in [0.3, 0.4) is 0 Å². The van der Waals surface area contributed by atoms with E-state index >= 15 is 0 Å². The molecule has 0 spiro atoms. The van der Waals surface area contributed by atoms with Crippen molar-refractivity contribution in [2.45, 2.75) is 20.8 Å². The van der Waals surface area contributed by atoms with E-state index in [9.17, 15) is 18.8 Å². The lowest BCUT2D eigenvalue weighted by molar-refractivity contribution is -0.123. The Morgan fingerprint density at radius 3 is 2.10 bits per heavy atom. The summed E-state index contributed by atoms with van der Waals surface area (Å²) in [6.07, 6.45) is 0. The lowest BCUT2D eigenvalue weighted by atomic mass is 9.95. The summed E-state index contributed by atoms with van der Waals surface area (Å²) in [6, 6.07) is 11.8. The Hall–Kier alpha value is -3.42. The molecule has 2 rings (SSSR count). The maximum Gasteiger partial charge on any atom is 0.319 e. The number of amides is 4. The molecule has 0 atom stereocenters. The molecule has 0 fully saturated rings. The first-order valence-electron chi connectivity index (χ1n) is 9.16. The number of anilines is 2. The molecule has 0 saturated carbocycles. The minimum Gasteiger partial charge on any atom is -0.350 e. The number of carbonyl (C=O) groups is 3. The van der Waals surface area contributed by atoms with Gasteiger partial charge < -0.3 is 21.3 Å². The van der Waals surface area contributed by atoms with Crippen LogP contribution in [0.5, 0.6) is 0 Å². The van der Waals surface area contributed by atoms with Gasteiger partial charge in [0.25, 0.3) is 5.91 Å². The standard InChI is InChI=1S/C21H25FN4O3/c1-21(2,3)19(28)25-15-10-8-14(9-11-15)18(27)23-12-13-24-20(29)26-17-7-5-4-6-16(17)22/h4-11H,12-13H2,1-3H3,(H,23,27)(H,25,28)(H2,24,26,29). The smallest absolute Gasteiger partial charge is 0.319 e. The van der Waals surface area contributed by atoms with Crippen molar-refractivity contribution in [3.05, 3.63) is 59.9 Å². The third-order valence-corrected chi connectivity index (χ3v) is 3.90. The van der Waals surface area contributed by atoms with Gasteiger partial charge in [-0.3, -0.25) is 9.59 Å². The molecule has 0 saturated heterocycles. The van der Waals surface area contributed by atoms with Crippen LogP contribution in [0.15, 0.2) is 48.5 Å². The van der Waals surface area contributed by atoms with Crippen molar-refractivity contribution >= 4 is 29.2 Å². The number of para-hydroxylation sites is 1. The Bertz CT molecular complexity index is 876. The first-order chi connectivity index (χ1) is 13.7. The molecule has 0 heterocycles. The van der Waals surface area contributed by atoms with Gasteiger partial charge in [0.15, 0.2) is 0 Å². The average Bonchev–Trinajstić information content (AvgIpc) is 2.66. The molecule has 0 aromatic heterocycles. The number of benzene rings is 2. The molecule has 0 unspecified atom stereocenters. The minimum absolute atomic E-state index is 0.0766. The van der Waals surface area contributed by atoms with Crippen molar-refractivity contribution in [1.82, 2.24) is 10.6 Å². The second-order valence-corrected chi connectivity index (χ2v) is 7.40. The summed E-state index contributed by atoms with van der Waals surface area (Å²) in [6.45, 7) is 5.82. The fourth-order valence-corrected chi connectivity index (χ4v) is 2.21. The Morgan fingerprint density at radius 2 is 1.48 bits per heavy atom. The molecule has 154 valence electrons. The van der Waals surface area contributed by atoms with Crippen LogP contribution >= 0.6 is 0 Å². The minimum atomic E-state index is -0.566. The van der Waals surface area contributed by atoms with Crippen LogP contribution in [-0.2, 0) is 4.79 Å². The molecule has 0 radical (unpaired) electrons. The van der Waals surface area contributed by atoms with Gasteiger partial charge in [0, 0.05) is 29.8 Å². The fourth-order valence-electron chi connectivity index (χ4n) is 2.21. The lowest BCUT2D eigenvalue weighted by Gasteiger charge is -2.17. The summed E-state index contributed by atoms with van der Waals surface area (Å²) in [5, 5.41) is 10.4. The van der Waals surface area contributed by atoms with Crippen molar-refractivity contribution in [1.29, 1.82) is 0 Å². The van der Waals surface area contributed by atoms with Crippen LogP contribution in [0.4, 0.5) is 20.6 Å². The van der Waals surface area contributed by atoms with Crippen LogP contribution in [0.2, 0.25) is 0 Å². The van der Waals surface area contributed by atoms with Crippen molar-refractivity contribution in [3.63, 3.8) is 0 Å².